The van der Waals surface area contributed by atoms with Crippen LogP contribution in [0.3, 0.4) is 0 Å². The number of nitrogens with two attached hydrogens (primary N) is 1. The minimum atomic E-state index is -0.476. The van der Waals surface area contributed by atoms with Crippen molar-refractivity contribution >= 4 is 29.1 Å². The van der Waals surface area contributed by atoms with E-state index in [1.165, 1.54) is 18.2 Å². The van der Waals surface area contributed by atoms with Crippen LogP contribution in [0.1, 0.15) is 27.9 Å². The summed E-state index contributed by atoms with van der Waals surface area (Å²) in [5.74, 6) is -0.941. The summed E-state index contributed by atoms with van der Waals surface area (Å²) in [4.78, 5) is 27.0. The molecule has 0 atom stereocenters. The lowest BCUT2D eigenvalue weighted by molar-refractivity contribution is -0.115. The van der Waals surface area contributed by atoms with E-state index in [0.29, 0.717) is 35.8 Å². The fourth-order valence-electron chi connectivity index (χ4n) is 3.30. The van der Waals surface area contributed by atoms with Gasteiger partial charge in [0, 0.05) is 29.4 Å². The second kappa shape index (κ2) is 11.4. The molecule has 3 aromatic rings. The van der Waals surface area contributed by atoms with Crippen molar-refractivity contribution in [1.29, 1.82) is 0 Å². The van der Waals surface area contributed by atoms with Crippen LogP contribution in [0.15, 0.2) is 72.8 Å². The van der Waals surface area contributed by atoms with E-state index in [-0.39, 0.29) is 30.3 Å². The molecule has 0 spiro atoms. The third-order valence-corrected chi connectivity index (χ3v) is 5.26. The molecule has 0 aliphatic carbocycles. The van der Waals surface area contributed by atoms with Crippen LogP contribution < -0.4 is 11.1 Å². The highest BCUT2D eigenvalue weighted by atomic mass is 35.5. The van der Waals surface area contributed by atoms with Gasteiger partial charge in [-0.3, -0.25) is 9.59 Å². The van der Waals surface area contributed by atoms with E-state index in [9.17, 15) is 14.0 Å². The van der Waals surface area contributed by atoms with Gasteiger partial charge in [-0.2, -0.15) is 0 Å². The van der Waals surface area contributed by atoms with Gasteiger partial charge in [0.05, 0.1) is 6.42 Å². The first kappa shape index (κ1) is 23.4. The van der Waals surface area contributed by atoms with E-state index >= 15 is 0 Å². The molecule has 0 aromatic heterocycles. The lowest BCUT2D eigenvalue weighted by atomic mass is 10.1. The fourth-order valence-corrected chi connectivity index (χ4v) is 3.48. The Morgan fingerprint density at radius 3 is 2.50 bits per heavy atom. The molecule has 0 aliphatic heterocycles. The molecule has 0 unspecified atom stereocenters. The standard InChI is InChI=1S/C25H25ClFN3O2/c26-23-11-10-22(29-24(31)14-18-6-2-1-3-7-18)16-20(23)17-30(13-5-12-28)25(32)19-8-4-9-21(27)15-19/h1-4,6-11,15-16H,5,12-14,17,28H2,(H,29,31). The van der Waals surface area contributed by atoms with Crippen molar-refractivity contribution in [2.24, 2.45) is 5.73 Å². The van der Waals surface area contributed by atoms with Crippen LogP contribution in [0, 0.1) is 5.82 Å². The second-order valence-electron chi connectivity index (χ2n) is 7.40. The zero-order valence-electron chi connectivity index (χ0n) is 17.6. The minimum absolute atomic E-state index is 0.153. The van der Waals surface area contributed by atoms with Crippen LogP contribution in [0.25, 0.3) is 0 Å². The summed E-state index contributed by atoms with van der Waals surface area (Å²) < 4.78 is 13.6. The quantitative estimate of drug-likeness (QED) is 0.495. The summed E-state index contributed by atoms with van der Waals surface area (Å²) in [7, 11) is 0. The summed E-state index contributed by atoms with van der Waals surface area (Å²) in [5.41, 5.74) is 8.06. The molecule has 0 saturated heterocycles. The van der Waals surface area contributed by atoms with Gasteiger partial charge in [-0.15, -0.1) is 0 Å². The molecule has 7 heteroatoms. The first-order valence-corrected chi connectivity index (χ1v) is 10.7. The third kappa shape index (κ3) is 6.64. The number of anilines is 1. The molecule has 166 valence electrons. The molecule has 0 aliphatic rings. The predicted molar refractivity (Wildman–Crippen MR) is 125 cm³/mol. The summed E-state index contributed by atoms with van der Waals surface area (Å²) in [5, 5.41) is 3.34. The van der Waals surface area contributed by atoms with Gasteiger partial charge < -0.3 is 16.0 Å². The summed E-state index contributed by atoms with van der Waals surface area (Å²) in [6.07, 6.45) is 0.839. The number of carbonyl (C=O) groups is 2. The predicted octanol–water partition coefficient (Wildman–Crippen LogP) is 4.65. The molecular weight excluding hydrogens is 429 g/mol. The number of carbonyl (C=O) groups excluding carboxylic acids is 2. The molecule has 0 bridgehead atoms. The molecule has 0 radical (unpaired) electrons. The monoisotopic (exact) mass is 453 g/mol. The Bertz CT molecular complexity index is 1080. The Hall–Kier alpha value is -3.22. The average molecular weight is 454 g/mol. The third-order valence-electron chi connectivity index (χ3n) is 4.89. The molecule has 0 saturated carbocycles. The lowest BCUT2D eigenvalue weighted by Gasteiger charge is -2.24. The van der Waals surface area contributed by atoms with Crippen molar-refractivity contribution < 1.29 is 14.0 Å². The van der Waals surface area contributed by atoms with Crippen molar-refractivity contribution in [3.63, 3.8) is 0 Å². The Morgan fingerprint density at radius 1 is 1.00 bits per heavy atom. The number of benzene rings is 3. The van der Waals surface area contributed by atoms with Crippen LogP contribution >= 0.6 is 11.6 Å². The van der Waals surface area contributed by atoms with Gasteiger partial charge in [-0.1, -0.05) is 48.0 Å². The van der Waals surface area contributed by atoms with Gasteiger partial charge in [0.15, 0.2) is 0 Å². The van der Waals surface area contributed by atoms with Crippen molar-refractivity contribution in [2.45, 2.75) is 19.4 Å². The van der Waals surface area contributed by atoms with E-state index in [1.807, 2.05) is 30.3 Å². The minimum Gasteiger partial charge on any atom is -0.334 e. The molecule has 0 heterocycles. The zero-order chi connectivity index (χ0) is 22.9. The lowest BCUT2D eigenvalue weighted by Crippen LogP contribution is -2.32. The molecular formula is C25H25ClFN3O2. The van der Waals surface area contributed by atoms with Crippen LogP contribution in [-0.4, -0.2) is 29.8 Å². The van der Waals surface area contributed by atoms with Crippen molar-refractivity contribution in [2.75, 3.05) is 18.4 Å². The number of nitrogens with one attached hydrogen (secondary N) is 1. The van der Waals surface area contributed by atoms with Crippen LogP contribution in [0.2, 0.25) is 5.02 Å². The average Bonchev–Trinajstić information content (AvgIpc) is 2.78. The van der Waals surface area contributed by atoms with Gasteiger partial charge >= 0.3 is 0 Å². The first-order valence-electron chi connectivity index (χ1n) is 10.3. The Labute approximate surface area is 192 Å². The zero-order valence-corrected chi connectivity index (χ0v) is 18.3. The molecule has 0 fully saturated rings. The number of hydrogen-bond donors (Lipinski definition) is 2. The maximum absolute atomic E-state index is 13.6. The summed E-state index contributed by atoms with van der Waals surface area (Å²) in [6.45, 7) is 1.01. The Morgan fingerprint density at radius 2 is 1.78 bits per heavy atom. The van der Waals surface area contributed by atoms with Crippen molar-refractivity contribution in [3.05, 3.63) is 100 Å². The Kier molecular flexibility index (Phi) is 8.36. The normalized spacial score (nSPS) is 10.6. The fraction of sp³-hybridized carbons (Fsp3) is 0.200. The van der Waals surface area contributed by atoms with Crippen LogP contribution in [0.5, 0.6) is 0 Å². The maximum Gasteiger partial charge on any atom is 0.254 e. The van der Waals surface area contributed by atoms with Crippen LogP contribution in [0.4, 0.5) is 10.1 Å². The van der Waals surface area contributed by atoms with Gasteiger partial charge in [0.1, 0.15) is 5.82 Å². The van der Waals surface area contributed by atoms with E-state index in [2.05, 4.69) is 5.32 Å². The second-order valence-corrected chi connectivity index (χ2v) is 7.80. The number of nitrogens with zero attached hydrogens (tertiary/aromatic N) is 1. The van der Waals surface area contributed by atoms with Gasteiger partial charge in [-0.25, -0.2) is 4.39 Å². The summed E-state index contributed by atoms with van der Waals surface area (Å²) in [6, 6.07) is 20.2. The van der Waals surface area contributed by atoms with Gasteiger partial charge in [-0.05, 0) is 60.5 Å². The first-order chi connectivity index (χ1) is 15.5. The molecule has 3 rings (SSSR count). The smallest absolute Gasteiger partial charge is 0.254 e. The number of hydrogen-bond acceptors (Lipinski definition) is 3. The van der Waals surface area contributed by atoms with Gasteiger partial charge in [0.2, 0.25) is 5.91 Å². The largest absolute Gasteiger partial charge is 0.334 e. The van der Waals surface area contributed by atoms with Crippen LogP contribution in [-0.2, 0) is 17.8 Å². The highest BCUT2D eigenvalue weighted by Gasteiger charge is 2.18. The Balaban J connectivity index is 1.75. The highest BCUT2D eigenvalue weighted by Crippen LogP contribution is 2.23. The van der Waals surface area contributed by atoms with Crippen molar-refractivity contribution in [1.82, 2.24) is 4.90 Å². The summed E-state index contributed by atoms with van der Waals surface area (Å²) >= 11 is 6.38. The maximum atomic E-state index is 13.6. The van der Waals surface area contributed by atoms with Gasteiger partial charge in [0.25, 0.3) is 5.91 Å². The number of amides is 2. The molecule has 5 nitrogen and oxygen atoms in total. The van der Waals surface area contributed by atoms with Crippen molar-refractivity contribution in [3.8, 4) is 0 Å². The van der Waals surface area contributed by atoms with E-state index < -0.39 is 5.82 Å². The van der Waals surface area contributed by atoms with E-state index in [1.54, 1.807) is 29.2 Å². The highest BCUT2D eigenvalue weighted by molar-refractivity contribution is 6.31. The van der Waals surface area contributed by atoms with E-state index in [4.69, 9.17) is 17.3 Å². The molecule has 3 N–H and O–H groups in total. The number of halogens is 2. The molecule has 32 heavy (non-hydrogen) atoms. The topological polar surface area (TPSA) is 75.4 Å². The number of rotatable bonds is 9. The molecule has 2 amide bonds. The SMILES string of the molecule is NCCCN(Cc1cc(NC(=O)Cc2ccccc2)ccc1Cl)C(=O)c1cccc(F)c1. The molecule has 3 aromatic carbocycles. The van der Waals surface area contributed by atoms with E-state index in [0.717, 1.165) is 5.56 Å².